The molecule has 0 saturated heterocycles. The van der Waals surface area contributed by atoms with Crippen molar-refractivity contribution in [3.05, 3.63) is 35.4 Å². The Balaban J connectivity index is 2.59. The molecule has 0 bridgehead atoms. The lowest BCUT2D eigenvalue weighted by Crippen LogP contribution is -2.57. The predicted molar refractivity (Wildman–Crippen MR) is 72.3 cm³/mol. The topological polar surface area (TPSA) is 55.8 Å². The van der Waals surface area contributed by atoms with Gasteiger partial charge in [-0.1, -0.05) is 32.0 Å². The van der Waals surface area contributed by atoms with Crippen molar-refractivity contribution in [3.63, 3.8) is 0 Å². The van der Waals surface area contributed by atoms with Crippen molar-refractivity contribution in [2.75, 3.05) is 6.61 Å². The third kappa shape index (κ3) is 2.81. The molecule has 120 valence electrons. The highest BCUT2D eigenvalue weighted by molar-refractivity contribution is 5.95. The lowest BCUT2D eigenvalue weighted by Gasteiger charge is -2.38. The first-order valence-corrected chi connectivity index (χ1v) is 6.61. The number of alkyl halides is 3. The summed E-state index contributed by atoms with van der Waals surface area (Å²) in [6, 6.07) is 5.89. The molecule has 1 aliphatic heterocycles. The van der Waals surface area contributed by atoms with Gasteiger partial charge in [-0.05, 0) is 18.1 Å². The normalized spacial score (nSPS) is 21.1. The van der Waals surface area contributed by atoms with Gasteiger partial charge in [0, 0.05) is 5.56 Å². The van der Waals surface area contributed by atoms with Gasteiger partial charge >= 0.3 is 17.9 Å². The highest BCUT2D eigenvalue weighted by Crippen LogP contribution is 2.46. The van der Waals surface area contributed by atoms with Crippen LogP contribution < -0.4 is 4.74 Å². The number of carboxylic acids is 1. The molecule has 1 aromatic rings. The maximum atomic E-state index is 13.6. The third-order valence-electron chi connectivity index (χ3n) is 3.05. The fraction of sp³-hybridized carbons (Fsp3) is 0.400. The summed E-state index contributed by atoms with van der Waals surface area (Å²) in [5.74, 6) is -5.35. The molecule has 2 rings (SSSR count). The maximum absolute atomic E-state index is 13.6. The van der Waals surface area contributed by atoms with E-state index in [1.807, 2.05) is 0 Å². The second-order valence-electron chi connectivity index (χ2n) is 5.32. The zero-order chi connectivity index (χ0) is 16.5. The quantitative estimate of drug-likeness (QED) is 0.924. The van der Waals surface area contributed by atoms with E-state index < -0.39 is 23.5 Å². The Morgan fingerprint density at radius 2 is 2.00 bits per heavy atom. The second kappa shape index (κ2) is 5.64. The molecule has 0 amide bonds. The van der Waals surface area contributed by atoms with Crippen LogP contribution in [0.25, 0.3) is 6.08 Å². The van der Waals surface area contributed by atoms with Crippen molar-refractivity contribution in [2.45, 2.75) is 25.8 Å². The monoisotopic (exact) mass is 316 g/mol. The molecule has 0 fully saturated rings. The molecule has 0 spiro atoms. The minimum Gasteiger partial charge on any atom is -0.478 e. The van der Waals surface area contributed by atoms with E-state index in [0.29, 0.717) is 0 Å². The molecule has 1 heterocycles. The summed E-state index contributed by atoms with van der Waals surface area (Å²) in [7, 11) is 0. The van der Waals surface area contributed by atoms with Crippen molar-refractivity contribution >= 4 is 12.0 Å². The molecule has 1 aliphatic rings. The van der Waals surface area contributed by atoms with Crippen molar-refractivity contribution in [1.82, 2.24) is 0 Å². The summed E-state index contributed by atoms with van der Waals surface area (Å²) in [5.41, 5.74) is -0.729. The van der Waals surface area contributed by atoms with Gasteiger partial charge < -0.3 is 14.6 Å². The molecule has 0 unspecified atom stereocenters. The average Bonchev–Trinajstić information content (AvgIpc) is 2.42. The van der Waals surface area contributed by atoms with E-state index in [-0.39, 0.29) is 23.8 Å². The molecule has 22 heavy (non-hydrogen) atoms. The minimum absolute atomic E-state index is 0.0754. The number of halogens is 3. The van der Waals surface area contributed by atoms with Gasteiger partial charge in [0.1, 0.15) is 11.3 Å². The summed E-state index contributed by atoms with van der Waals surface area (Å²) in [4.78, 5) is 11.3. The van der Waals surface area contributed by atoms with E-state index in [0.717, 1.165) is 6.08 Å². The zero-order valence-corrected chi connectivity index (χ0v) is 12.0. The zero-order valence-electron chi connectivity index (χ0n) is 12.0. The highest BCUT2D eigenvalue weighted by atomic mass is 19.4. The van der Waals surface area contributed by atoms with Crippen LogP contribution in [0.3, 0.4) is 0 Å². The first-order chi connectivity index (χ1) is 10.2. The highest BCUT2D eigenvalue weighted by Gasteiger charge is 2.65. The number of carbonyl (C=O) groups is 1. The average molecular weight is 316 g/mol. The number of para-hydroxylation sites is 1. The van der Waals surface area contributed by atoms with Crippen molar-refractivity contribution < 1.29 is 32.5 Å². The second-order valence-corrected chi connectivity index (χ2v) is 5.32. The van der Waals surface area contributed by atoms with Gasteiger partial charge in [0.2, 0.25) is 0 Å². The third-order valence-corrected chi connectivity index (χ3v) is 3.05. The fourth-order valence-corrected chi connectivity index (χ4v) is 2.04. The Morgan fingerprint density at radius 3 is 2.55 bits per heavy atom. The summed E-state index contributed by atoms with van der Waals surface area (Å²) < 4.78 is 50.7. The number of aliphatic carboxylic acids is 1. The summed E-state index contributed by atoms with van der Waals surface area (Å²) >= 11 is 0. The largest absolute Gasteiger partial charge is 0.478 e. The van der Waals surface area contributed by atoms with Gasteiger partial charge in [-0.2, -0.15) is 13.2 Å². The number of carboxylic acid groups (broad SMARTS) is 1. The predicted octanol–water partition coefficient (Wildman–Crippen LogP) is 3.48. The summed E-state index contributed by atoms with van der Waals surface area (Å²) in [6.07, 6.45) is -4.10. The Hall–Kier alpha value is -2.02. The lowest BCUT2D eigenvalue weighted by atomic mass is 9.97. The summed E-state index contributed by atoms with van der Waals surface area (Å²) in [5, 5.41) is 9.20. The van der Waals surface area contributed by atoms with Crippen molar-refractivity contribution in [2.24, 2.45) is 5.92 Å². The van der Waals surface area contributed by atoms with Crippen LogP contribution in [0.4, 0.5) is 13.2 Å². The first kappa shape index (κ1) is 16.4. The number of benzene rings is 1. The number of hydrogen-bond donors (Lipinski definition) is 1. The molecular weight excluding hydrogens is 301 g/mol. The van der Waals surface area contributed by atoms with Crippen LogP contribution in [0, 0.1) is 5.92 Å². The minimum atomic E-state index is -5.04. The van der Waals surface area contributed by atoms with Gasteiger partial charge in [0.15, 0.2) is 0 Å². The molecule has 0 aliphatic carbocycles. The van der Waals surface area contributed by atoms with Gasteiger partial charge in [0.25, 0.3) is 0 Å². The molecule has 1 N–H and O–H groups in total. The maximum Gasteiger partial charge on any atom is 0.460 e. The Labute approximate surface area is 125 Å². The Kier molecular flexibility index (Phi) is 4.19. The molecule has 0 aromatic heterocycles. The van der Waals surface area contributed by atoms with Gasteiger partial charge in [0.05, 0.1) is 6.61 Å². The van der Waals surface area contributed by atoms with Crippen LogP contribution in [-0.4, -0.2) is 29.6 Å². The van der Waals surface area contributed by atoms with E-state index in [2.05, 4.69) is 0 Å². The Bertz CT molecular complexity index is 607. The summed E-state index contributed by atoms with van der Waals surface area (Å²) in [6.45, 7) is 3.02. The number of fused-ring (bicyclic) bond motifs is 1. The van der Waals surface area contributed by atoms with E-state index in [9.17, 15) is 23.1 Å². The van der Waals surface area contributed by atoms with Gasteiger partial charge in [-0.15, -0.1) is 0 Å². The smallest absolute Gasteiger partial charge is 0.460 e. The standard InChI is InChI=1S/C15H15F3O4/c1-9(2)8-21-14(15(16,17)18)11(13(19)20)7-10-5-3-4-6-12(10)22-14/h3-7,9H,8H2,1-2H3,(H,19,20)/t14-/m1/s1. The molecule has 1 atom stereocenters. The van der Waals surface area contributed by atoms with Crippen LogP contribution in [0.2, 0.25) is 0 Å². The van der Waals surface area contributed by atoms with Crippen LogP contribution in [0.1, 0.15) is 19.4 Å². The van der Waals surface area contributed by atoms with Gasteiger partial charge in [-0.3, -0.25) is 0 Å². The van der Waals surface area contributed by atoms with Crippen LogP contribution >= 0.6 is 0 Å². The molecule has 0 radical (unpaired) electrons. The molecule has 7 heteroatoms. The molecular formula is C15H15F3O4. The number of hydrogen-bond acceptors (Lipinski definition) is 3. The number of rotatable bonds is 4. The van der Waals surface area contributed by atoms with Crippen molar-refractivity contribution in [3.8, 4) is 5.75 Å². The van der Waals surface area contributed by atoms with E-state index >= 15 is 0 Å². The van der Waals surface area contributed by atoms with Crippen LogP contribution in [-0.2, 0) is 9.53 Å². The first-order valence-electron chi connectivity index (χ1n) is 6.61. The van der Waals surface area contributed by atoms with E-state index in [1.165, 1.54) is 18.2 Å². The molecule has 1 aromatic carbocycles. The van der Waals surface area contributed by atoms with Gasteiger partial charge in [-0.25, -0.2) is 4.79 Å². The fourth-order valence-electron chi connectivity index (χ4n) is 2.04. The van der Waals surface area contributed by atoms with Crippen molar-refractivity contribution in [1.29, 1.82) is 0 Å². The Morgan fingerprint density at radius 1 is 1.36 bits per heavy atom. The molecule has 4 nitrogen and oxygen atoms in total. The van der Waals surface area contributed by atoms with Crippen LogP contribution in [0.15, 0.2) is 29.8 Å². The lowest BCUT2D eigenvalue weighted by molar-refractivity contribution is -0.335. The van der Waals surface area contributed by atoms with Crippen LogP contribution in [0.5, 0.6) is 5.75 Å². The van der Waals surface area contributed by atoms with E-state index in [4.69, 9.17) is 9.47 Å². The molecule has 0 saturated carbocycles. The SMILES string of the molecule is CC(C)CO[C@@]1(C(F)(F)F)Oc2ccccc2C=C1C(=O)O. The van der Waals surface area contributed by atoms with E-state index in [1.54, 1.807) is 19.9 Å². The number of ether oxygens (including phenoxy) is 2.